The van der Waals surface area contributed by atoms with Crippen LogP contribution in [-0.4, -0.2) is 28.9 Å². The topological polar surface area (TPSA) is 49.3 Å². The van der Waals surface area contributed by atoms with E-state index >= 15 is 0 Å². The molecule has 1 atom stereocenters. The highest BCUT2D eigenvalue weighted by molar-refractivity contribution is 7.99. The van der Waals surface area contributed by atoms with Gasteiger partial charge in [0.1, 0.15) is 6.04 Å². The minimum absolute atomic E-state index is 0.175. The SMILES string of the molecule is Cc1ccccc1SCC(NC(C)C)C(=O)O. The molecule has 17 heavy (non-hydrogen) atoms. The third-order valence-corrected chi connectivity index (χ3v) is 3.60. The molecule has 0 aliphatic carbocycles. The Morgan fingerprint density at radius 1 is 1.41 bits per heavy atom. The summed E-state index contributed by atoms with van der Waals surface area (Å²) >= 11 is 1.58. The van der Waals surface area contributed by atoms with Crippen molar-refractivity contribution in [1.82, 2.24) is 5.32 Å². The molecule has 94 valence electrons. The first kappa shape index (κ1) is 14.1. The molecule has 0 saturated carbocycles. The van der Waals surface area contributed by atoms with Crippen molar-refractivity contribution in [3.63, 3.8) is 0 Å². The number of thioether (sulfide) groups is 1. The van der Waals surface area contributed by atoms with Gasteiger partial charge in [-0.05, 0) is 18.6 Å². The van der Waals surface area contributed by atoms with E-state index in [2.05, 4.69) is 5.32 Å². The Morgan fingerprint density at radius 2 is 2.06 bits per heavy atom. The van der Waals surface area contributed by atoms with Crippen LogP contribution in [0.4, 0.5) is 0 Å². The Kier molecular flexibility index (Phi) is 5.51. The summed E-state index contributed by atoms with van der Waals surface area (Å²) in [5, 5.41) is 12.1. The molecule has 4 heteroatoms. The number of nitrogens with one attached hydrogen (secondary N) is 1. The van der Waals surface area contributed by atoms with E-state index < -0.39 is 12.0 Å². The second-order valence-corrected chi connectivity index (χ2v) is 5.35. The molecule has 1 rings (SSSR count). The lowest BCUT2D eigenvalue weighted by atomic mass is 10.2. The molecule has 1 unspecified atom stereocenters. The molecular formula is C13H19NO2S. The predicted octanol–water partition coefficient (Wildman–Crippen LogP) is 2.54. The van der Waals surface area contributed by atoms with Gasteiger partial charge in [0.05, 0.1) is 0 Å². The van der Waals surface area contributed by atoms with E-state index in [1.807, 2.05) is 45.0 Å². The molecule has 0 spiro atoms. The quantitative estimate of drug-likeness (QED) is 0.765. The molecule has 0 aliphatic rings. The van der Waals surface area contributed by atoms with Gasteiger partial charge in [-0.1, -0.05) is 32.0 Å². The summed E-state index contributed by atoms with van der Waals surface area (Å²) < 4.78 is 0. The average Bonchev–Trinajstić information content (AvgIpc) is 2.25. The highest BCUT2D eigenvalue weighted by Gasteiger charge is 2.18. The minimum Gasteiger partial charge on any atom is -0.480 e. The molecule has 0 aliphatic heterocycles. The van der Waals surface area contributed by atoms with Crippen molar-refractivity contribution < 1.29 is 9.90 Å². The van der Waals surface area contributed by atoms with E-state index in [1.165, 1.54) is 5.56 Å². The highest BCUT2D eigenvalue weighted by atomic mass is 32.2. The van der Waals surface area contributed by atoms with Crippen LogP contribution in [0, 0.1) is 6.92 Å². The van der Waals surface area contributed by atoms with Crippen LogP contribution in [0.1, 0.15) is 19.4 Å². The minimum atomic E-state index is -0.792. The molecule has 3 nitrogen and oxygen atoms in total. The summed E-state index contributed by atoms with van der Waals surface area (Å²) in [4.78, 5) is 12.2. The fraction of sp³-hybridized carbons (Fsp3) is 0.462. The van der Waals surface area contributed by atoms with Gasteiger partial charge in [0, 0.05) is 16.7 Å². The largest absolute Gasteiger partial charge is 0.480 e. The standard InChI is InChI=1S/C13H19NO2S/c1-9(2)14-11(13(15)16)8-17-12-7-5-4-6-10(12)3/h4-7,9,11,14H,8H2,1-3H3,(H,15,16). The summed E-state index contributed by atoms with van der Waals surface area (Å²) in [6.07, 6.45) is 0. The number of carboxylic acid groups (broad SMARTS) is 1. The fourth-order valence-electron chi connectivity index (χ4n) is 1.48. The van der Waals surface area contributed by atoms with E-state index in [1.54, 1.807) is 11.8 Å². The van der Waals surface area contributed by atoms with Gasteiger partial charge in [-0.25, -0.2) is 0 Å². The van der Waals surface area contributed by atoms with Gasteiger partial charge < -0.3 is 10.4 Å². The Labute approximate surface area is 107 Å². The van der Waals surface area contributed by atoms with Crippen molar-refractivity contribution in [2.75, 3.05) is 5.75 Å². The monoisotopic (exact) mass is 253 g/mol. The number of carboxylic acids is 1. The molecule has 1 aromatic carbocycles. The molecule has 1 aromatic rings. The number of aliphatic carboxylic acids is 1. The van der Waals surface area contributed by atoms with Crippen molar-refractivity contribution in [3.05, 3.63) is 29.8 Å². The van der Waals surface area contributed by atoms with Crippen molar-refractivity contribution in [2.24, 2.45) is 0 Å². The zero-order valence-corrected chi connectivity index (χ0v) is 11.3. The molecule has 0 heterocycles. The number of benzene rings is 1. The van der Waals surface area contributed by atoms with Gasteiger partial charge in [-0.3, -0.25) is 4.79 Å². The third kappa shape index (κ3) is 4.79. The fourth-order valence-corrected chi connectivity index (χ4v) is 2.54. The summed E-state index contributed by atoms with van der Waals surface area (Å²) in [6, 6.07) is 7.69. The van der Waals surface area contributed by atoms with E-state index in [0.717, 1.165) is 4.90 Å². The van der Waals surface area contributed by atoms with Crippen LogP contribution in [0.15, 0.2) is 29.2 Å². The van der Waals surface area contributed by atoms with E-state index in [4.69, 9.17) is 5.11 Å². The van der Waals surface area contributed by atoms with Crippen LogP contribution in [0.3, 0.4) is 0 Å². The molecule has 0 radical (unpaired) electrons. The Morgan fingerprint density at radius 3 is 2.59 bits per heavy atom. The molecular weight excluding hydrogens is 234 g/mol. The lowest BCUT2D eigenvalue weighted by molar-refractivity contribution is -0.139. The van der Waals surface area contributed by atoms with Crippen LogP contribution >= 0.6 is 11.8 Å². The molecule has 0 aromatic heterocycles. The second-order valence-electron chi connectivity index (χ2n) is 4.29. The number of hydrogen-bond donors (Lipinski definition) is 2. The van der Waals surface area contributed by atoms with Gasteiger partial charge in [-0.2, -0.15) is 0 Å². The first-order chi connectivity index (χ1) is 8.00. The maximum absolute atomic E-state index is 11.1. The van der Waals surface area contributed by atoms with Gasteiger partial charge >= 0.3 is 5.97 Å². The van der Waals surface area contributed by atoms with Crippen LogP contribution in [0.2, 0.25) is 0 Å². The summed E-state index contributed by atoms with van der Waals surface area (Å²) in [5.41, 5.74) is 1.19. The second kappa shape index (κ2) is 6.67. The summed E-state index contributed by atoms with van der Waals surface area (Å²) in [5.74, 6) is -0.252. The first-order valence-corrected chi connectivity index (χ1v) is 6.66. The van der Waals surface area contributed by atoms with E-state index in [0.29, 0.717) is 5.75 Å². The highest BCUT2D eigenvalue weighted by Crippen LogP contribution is 2.22. The van der Waals surface area contributed by atoms with Crippen LogP contribution in [0.5, 0.6) is 0 Å². The molecule has 0 saturated heterocycles. The van der Waals surface area contributed by atoms with Gasteiger partial charge in [-0.15, -0.1) is 11.8 Å². The predicted molar refractivity (Wildman–Crippen MR) is 71.6 cm³/mol. The van der Waals surface area contributed by atoms with E-state index in [-0.39, 0.29) is 6.04 Å². The maximum atomic E-state index is 11.1. The summed E-state index contributed by atoms with van der Waals surface area (Å²) in [7, 11) is 0. The van der Waals surface area contributed by atoms with Gasteiger partial charge in [0.15, 0.2) is 0 Å². The molecule has 0 amide bonds. The van der Waals surface area contributed by atoms with E-state index in [9.17, 15) is 4.79 Å². The van der Waals surface area contributed by atoms with Crippen molar-refractivity contribution in [2.45, 2.75) is 37.8 Å². The lowest BCUT2D eigenvalue weighted by Crippen LogP contribution is -2.42. The van der Waals surface area contributed by atoms with Crippen LogP contribution in [-0.2, 0) is 4.79 Å². The Balaban J connectivity index is 2.58. The van der Waals surface area contributed by atoms with Crippen LogP contribution < -0.4 is 5.32 Å². The molecule has 2 N–H and O–H groups in total. The summed E-state index contributed by atoms with van der Waals surface area (Å²) in [6.45, 7) is 5.94. The van der Waals surface area contributed by atoms with Crippen LogP contribution in [0.25, 0.3) is 0 Å². The number of rotatable bonds is 6. The number of hydrogen-bond acceptors (Lipinski definition) is 3. The van der Waals surface area contributed by atoms with Crippen molar-refractivity contribution in [3.8, 4) is 0 Å². The zero-order chi connectivity index (χ0) is 12.8. The molecule has 0 bridgehead atoms. The Bertz CT molecular complexity index is 379. The van der Waals surface area contributed by atoms with Crippen molar-refractivity contribution >= 4 is 17.7 Å². The molecule has 0 fully saturated rings. The normalized spacial score (nSPS) is 12.7. The number of carbonyl (C=O) groups is 1. The van der Waals surface area contributed by atoms with Gasteiger partial charge in [0.2, 0.25) is 0 Å². The maximum Gasteiger partial charge on any atom is 0.321 e. The lowest BCUT2D eigenvalue weighted by Gasteiger charge is -2.17. The van der Waals surface area contributed by atoms with Crippen molar-refractivity contribution in [1.29, 1.82) is 0 Å². The third-order valence-electron chi connectivity index (χ3n) is 2.33. The number of aryl methyl sites for hydroxylation is 1. The van der Waals surface area contributed by atoms with Gasteiger partial charge in [0.25, 0.3) is 0 Å². The average molecular weight is 253 g/mol. The Hall–Kier alpha value is -1.00. The first-order valence-electron chi connectivity index (χ1n) is 5.68. The smallest absolute Gasteiger partial charge is 0.321 e. The zero-order valence-electron chi connectivity index (χ0n) is 10.4.